The zero-order valence-electron chi connectivity index (χ0n) is 12.1. The molecule has 0 bridgehead atoms. The molecule has 3 rings (SSSR count). The van der Waals surface area contributed by atoms with Crippen LogP contribution in [-0.2, 0) is 25.5 Å². The summed E-state index contributed by atoms with van der Waals surface area (Å²) < 4.78 is 10.5. The molecule has 0 radical (unpaired) electrons. The minimum absolute atomic E-state index is 0.0684. The van der Waals surface area contributed by atoms with Crippen molar-refractivity contribution >= 4 is 18.0 Å². The van der Waals surface area contributed by atoms with Crippen molar-refractivity contribution in [1.29, 1.82) is 0 Å². The molecular formula is C18H14O5. The van der Waals surface area contributed by atoms with Gasteiger partial charge in [-0.15, -0.1) is 0 Å². The van der Waals surface area contributed by atoms with E-state index < -0.39 is 17.7 Å². The van der Waals surface area contributed by atoms with Crippen molar-refractivity contribution in [3.05, 3.63) is 77.5 Å². The van der Waals surface area contributed by atoms with Gasteiger partial charge in [0.05, 0.1) is 6.42 Å². The lowest BCUT2D eigenvalue weighted by Gasteiger charge is -2.21. The molecule has 1 aliphatic rings. The Kier molecular flexibility index (Phi) is 3.85. The number of rotatable bonds is 4. The quantitative estimate of drug-likeness (QED) is 0.694. The third-order valence-corrected chi connectivity index (χ3v) is 3.44. The second-order valence-corrected chi connectivity index (χ2v) is 5.13. The zero-order chi connectivity index (χ0) is 16.3. The number of ether oxygens (including phenoxy) is 2. The number of carboxylic acids is 1. The Hall–Kier alpha value is -3.08. The van der Waals surface area contributed by atoms with Gasteiger partial charge < -0.3 is 14.6 Å². The van der Waals surface area contributed by atoms with Gasteiger partial charge in [-0.3, -0.25) is 0 Å². The fourth-order valence-electron chi connectivity index (χ4n) is 2.33. The molecule has 1 heterocycles. The van der Waals surface area contributed by atoms with Crippen molar-refractivity contribution in [2.45, 2.75) is 12.2 Å². The van der Waals surface area contributed by atoms with Crippen molar-refractivity contribution in [3.8, 4) is 0 Å². The number of benzene rings is 2. The van der Waals surface area contributed by atoms with Gasteiger partial charge in [-0.05, 0) is 17.2 Å². The summed E-state index contributed by atoms with van der Waals surface area (Å²) in [7, 11) is 0. The van der Waals surface area contributed by atoms with E-state index >= 15 is 0 Å². The van der Waals surface area contributed by atoms with Gasteiger partial charge in [0.15, 0.2) is 0 Å². The molecule has 0 unspecified atom stereocenters. The third-order valence-electron chi connectivity index (χ3n) is 3.44. The first-order chi connectivity index (χ1) is 11.1. The first kappa shape index (κ1) is 14.8. The number of carboxylic acid groups (broad SMARTS) is 1. The van der Waals surface area contributed by atoms with Crippen LogP contribution >= 0.6 is 0 Å². The lowest BCUT2D eigenvalue weighted by atomic mass is 10.1. The highest BCUT2D eigenvalue weighted by Crippen LogP contribution is 2.32. The molecule has 1 saturated heterocycles. The summed E-state index contributed by atoms with van der Waals surface area (Å²) in [5, 5.41) is 9.50. The molecule has 0 spiro atoms. The van der Waals surface area contributed by atoms with E-state index in [1.54, 1.807) is 48.5 Å². The lowest BCUT2D eigenvalue weighted by Crippen LogP contribution is -2.42. The van der Waals surface area contributed by atoms with Crippen LogP contribution in [0.5, 0.6) is 0 Å². The second kappa shape index (κ2) is 5.96. The van der Waals surface area contributed by atoms with Gasteiger partial charge in [-0.25, -0.2) is 9.59 Å². The van der Waals surface area contributed by atoms with Gasteiger partial charge in [0.25, 0.3) is 0 Å². The van der Waals surface area contributed by atoms with Crippen LogP contribution in [0.3, 0.4) is 0 Å². The van der Waals surface area contributed by atoms with Crippen molar-refractivity contribution in [2.75, 3.05) is 0 Å². The molecule has 0 saturated carbocycles. The third kappa shape index (κ3) is 3.08. The minimum atomic E-state index is -2.03. The Balaban J connectivity index is 1.90. The maximum atomic E-state index is 12.0. The maximum Gasteiger partial charge on any atom is 0.390 e. The number of hydrogen-bond donors (Lipinski definition) is 1. The fourth-order valence-corrected chi connectivity index (χ4v) is 2.33. The van der Waals surface area contributed by atoms with Gasteiger partial charge in [-0.2, -0.15) is 0 Å². The molecule has 1 atom stereocenters. The number of carbonyl (C=O) groups is 2. The van der Waals surface area contributed by atoms with Crippen LogP contribution in [0.1, 0.15) is 11.1 Å². The van der Waals surface area contributed by atoms with Gasteiger partial charge >= 0.3 is 17.7 Å². The van der Waals surface area contributed by atoms with Gasteiger partial charge in [0.2, 0.25) is 5.76 Å². The van der Waals surface area contributed by atoms with E-state index in [1.807, 2.05) is 12.1 Å². The highest BCUT2D eigenvalue weighted by molar-refractivity contribution is 5.96. The Morgan fingerprint density at radius 3 is 2.22 bits per heavy atom. The van der Waals surface area contributed by atoms with Crippen LogP contribution in [0, 0.1) is 0 Å². The summed E-state index contributed by atoms with van der Waals surface area (Å²) in [5.74, 6) is -4.27. The first-order valence-corrected chi connectivity index (χ1v) is 7.05. The van der Waals surface area contributed by atoms with Crippen LogP contribution in [0.2, 0.25) is 0 Å². The lowest BCUT2D eigenvalue weighted by molar-refractivity contribution is -0.200. The van der Waals surface area contributed by atoms with E-state index in [9.17, 15) is 14.7 Å². The van der Waals surface area contributed by atoms with E-state index in [4.69, 9.17) is 9.47 Å². The van der Waals surface area contributed by atoms with E-state index in [0.717, 1.165) is 5.56 Å². The summed E-state index contributed by atoms with van der Waals surface area (Å²) in [6, 6.07) is 17.9. The molecule has 2 aromatic carbocycles. The Labute approximate surface area is 132 Å². The molecule has 5 heteroatoms. The SMILES string of the molecule is O=C1O[C@](Cc2ccccc2)(C(=O)O)O/C1=C/c1ccccc1. The predicted molar refractivity (Wildman–Crippen MR) is 82.1 cm³/mol. The maximum absolute atomic E-state index is 12.0. The summed E-state index contributed by atoms with van der Waals surface area (Å²) in [6.45, 7) is 0. The first-order valence-electron chi connectivity index (χ1n) is 7.05. The number of cyclic esters (lactones) is 1. The van der Waals surface area contributed by atoms with E-state index in [2.05, 4.69) is 0 Å². The Morgan fingerprint density at radius 2 is 1.61 bits per heavy atom. The zero-order valence-corrected chi connectivity index (χ0v) is 12.1. The topological polar surface area (TPSA) is 72.8 Å². The number of carbonyl (C=O) groups excluding carboxylic acids is 1. The number of hydrogen-bond acceptors (Lipinski definition) is 4. The minimum Gasteiger partial charge on any atom is -0.475 e. The van der Waals surface area contributed by atoms with Gasteiger partial charge in [-0.1, -0.05) is 60.7 Å². The summed E-state index contributed by atoms with van der Waals surface area (Å²) >= 11 is 0. The Bertz CT molecular complexity index is 751. The molecule has 0 aliphatic carbocycles. The molecule has 1 fully saturated rings. The summed E-state index contributed by atoms with van der Waals surface area (Å²) in [6.07, 6.45) is 1.40. The molecule has 1 aliphatic heterocycles. The average Bonchev–Trinajstić information content (AvgIpc) is 2.86. The van der Waals surface area contributed by atoms with Crippen molar-refractivity contribution < 1.29 is 24.2 Å². The molecule has 116 valence electrons. The predicted octanol–water partition coefficient (Wildman–Crippen LogP) is 2.62. The average molecular weight is 310 g/mol. The monoisotopic (exact) mass is 310 g/mol. The highest BCUT2D eigenvalue weighted by Gasteiger charge is 2.53. The largest absolute Gasteiger partial charge is 0.475 e. The number of aliphatic carboxylic acids is 1. The number of esters is 1. The van der Waals surface area contributed by atoms with E-state index in [-0.39, 0.29) is 12.2 Å². The molecule has 5 nitrogen and oxygen atoms in total. The standard InChI is InChI=1S/C18H14O5/c19-16-15(11-13-7-3-1-4-8-13)22-18(23-16,17(20)21)12-14-9-5-2-6-10-14/h1-11H,12H2,(H,20,21)/b15-11+/t18-/m1/s1. The smallest absolute Gasteiger partial charge is 0.390 e. The molecule has 2 aromatic rings. The van der Waals surface area contributed by atoms with Crippen molar-refractivity contribution in [2.24, 2.45) is 0 Å². The molecule has 1 N–H and O–H groups in total. The molecule has 0 aromatic heterocycles. The van der Waals surface area contributed by atoms with Gasteiger partial charge in [0.1, 0.15) is 0 Å². The van der Waals surface area contributed by atoms with Gasteiger partial charge in [0, 0.05) is 0 Å². The van der Waals surface area contributed by atoms with Crippen LogP contribution in [0.25, 0.3) is 6.08 Å². The molecule has 23 heavy (non-hydrogen) atoms. The van der Waals surface area contributed by atoms with Crippen molar-refractivity contribution in [1.82, 2.24) is 0 Å². The fraction of sp³-hybridized carbons (Fsp3) is 0.111. The highest BCUT2D eigenvalue weighted by atomic mass is 16.8. The summed E-state index contributed by atoms with van der Waals surface area (Å²) in [4.78, 5) is 23.7. The van der Waals surface area contributed by atoms with Crippen LogP contribution < -0.4 is 0 Å². The van der Waals surface area contributed by atoms with Crippen LogP contribution in [0.4, 0.5) is 0 Å². The van der Waals surface area contributed by atoms with E-state index in [1.165, 1.54) is 6.08 Å². The Morgan fingerprint density at radius 1 is 1.00 bits per heavy atom. The molecule has 0 amide bonds. The normalized spacial score (nSPS) is 21.7. The van der Waals surface area contributed by atoms with Crippen LogP contribution in [-0.4, -0.2) is 22.8 Å². The van der Waals surface area contributed by atoms with Crippen molar-refractivity contribution in [3.63, 3.8) is 0 Å². The second-order valence-electron chi connectivity index (χ2n) is 5.13. The van der Waals surface area contributed by atoms with Crippen LogP contribution in [0.15, 0.2) is 66.4 Å². The molecular weight excluding hydrogens is 296 g/mol. The van der Waals surface area contributed by atoms with E-state index in [0.29, 0.717) is 5.56 Å². The summed E-state index contributed by atoms with van der Waals surface area (Å²) in [5.41, 5.74) is 1.42.